The number of carbonyl (C=O) groups is 2. The summed E-state index contributed by atoms with van der Waals surface area (Å²) in [4.78, 5) is 21.2. The number of amides is 1. The summed E-state index contributed by atoms with van der Waals surface area (Å²) < 4.78 is 5.41. The van der Waals surface area contributed by atoms with Crippen molar-refractivity contribution >= 4 is 12.4 Å². The highest BCUT2D eigenvalue weighted by molar-refractivity contribution is 5.68. The van der Waals surface area contributed by atoms with Gasteiger partial charge in [0.2, 0.25) is 6.41 Å². The maximum absolute atomic E-state index is 10.7. The molecule has 1 unspecified atom stereocenters. The van der Waals surface area contributed by atoms with Gasteiger partial charge in [0.1, 0.15) is 5.75 Å². The lowest BCUT2D eigenvalue weighted by Crippen LogP contribution is -2.22. The molecule has 1 aromatic rings. The van der Waals surface area contributed by atoms with Gasteiger partial charge in [-0.2, -0.15) is 0 Å². The molecule has 1 aromatic carbocycles. The molecule has 1 heterocycles. The lowest BCUT2D eigenvalue weighted by atomic mass is 10.0. The van der Waals surface area contributed by atoms with Gasteiger partial charge in [-0.1, -0.05) is 12.1 Å². The Kier molecular flexibility index (Phi) is 3.27. The average Bonchev–Trinajstić information content (AvgIpc) is 2.74. The molecule has 0 aromatic heterocycles. The Morgan fingerprint density at radius 1 is 1.59 bits per heavy atom. The lowest BCUT2D eigenvalue weighted by molar-refractivity contribution is -0.137. The van der Waals surface area contributed by atoms with Gasteiger partial charge in [-0.15, -0.1) is 0 Å². The van der Waals surface area contributed by atoms with E-state index in [9.17, 15) is 9.59 Å². The fourth-order valence-corrected chi connectivity index (χ4v) is 1.93. The van der Waals surface area contributed by atoms with Crippen LogP contribution in [0.4, 0.5) is 0 Å². The number of hydrogen-bond donors (Lipinski definition) is 2. The zero-order chi connectivity index (χ0) is 12.3. The van der Waals surface area contributed by atoms with Crippen molar-refractivity contribution in [3.8, 4) is 5.75 Å². The highest BCUT2D eigenvalue weighted by Gasteiger charge is 2.18. The molecule has 0 radical (unpaired) electrons. The molecule has 0 fully saturated rings. The Hall–Kier alpha value is -2.04. The van der Waals surface area contributed by atoms with E-state index in [0.717, 1.165) is 23.3 Å². The molecular formula is C12H13NO4. The van der Waals surface area contributed by atoms with E-state index in [1.807, 2.05) is 12.1 Å². The van der Waals surface area contributed by atoms with Crippen molar-refractivity contribution in [3.05, 3.63) is 29.3 Å². The van der Waals surface area contributed by atoms with Crippen LogP contribution in [0.5, 0.6) is 5.75 Å². The monoisotopic (exact) mass is 235 g/mol. The highest BCUT2D eigenvalue weighted by Crippen LogP contribution is 2.29. The van der Waals surface area contributed by atoms with E-state index in [2.05, 4.69) is 5.32 Å². The van der Waals surface area contributed by atoms with Crippen LogP contribution in [-0.4, -0.2) is 24.1 Å². The van der Waals surface area contributed by atoms with Gasteiger partial charge in [0, 0.05) is 6.42 Å². The van der Waals surface area contributed by atoms with E-state index in [0.29, 0.717) is 13.0 Å². The zero-order valence-corrected chi connectivity index (χ0v) is 9.18. The third-order valence-corrected chi connectivity index (χ3v) is 2.77. The van der Waals surface area contributed by atoms with E-state index in [1.54, 1.807) is 6.07 Å². The molecule has 1 aliphatic rings. The van der Waals surface area contributed by atoms with Crippen LogP contribution >= 0.6 is 0 Å². The van der Waals surface area contributed by atoms with E-state index >= 15 is 0 Å². The normalized spacial score (nSPS) is 14.6. The number of ether oxygens (including phenoxy) is 1. The molecule has 2 rings (SSSR count). The van der Waals surface area contributed by atoms with Crippen LogP contribution in [0.1, 0.15) is 23.6 Å². The summed E-state index contributed by atoms with van der Waals surface area (Å²) in [5, 5.41) is 11.3. The SMILES string of the molecule is O=CNC(CC(=O)O)c1ccc2c(c1)OCC2. The van der Waals surface area contributed by atoms with Crippen molar-refractivity contribution in [1.29, 1.82) is 0 Å². The molecule has 5 nitrogen and oxygen atoms in total. The van der Waals surface area contributed by atoms with Crippen LogP contribution in [0, 0.1) is 0 Å². The maximum atomic E-state index is 10.7. The van der Waals surface area contributed by atoms with Crippen LogP contribution in [0.15, 0.2) is 18.2 Å². The van der Waals surface area contributed by atoms with Crippen LogP contribution in [0.2, 0.25) is 0 Å². The predicted octanol–water partition coefficient (Wildman–Crippen LogP) is 0.883. The Morgan fingerprint density at radius 3 is 3.12 bits per heavy atom. The molecule has 0 spiro atoms. The van der Waals surface area contributed by atoms with Crippen LogP contribution in [-0.2, 0) is 16.0 Å². The van der Waals surface area contributed by atoms with Crippen LogP contribution < -0.4 is 10.1 Å². The minimum Gasteiger partial charge on any atom is -0.493 e. The number of rotatable bonds is 5. The third-order valence-electron chi connectivity index (χ3n) is 2.77. The maximum Gasteiger partial charge on any atom is 0.305 e. The fraction of sp³-hybridized carbons (Fsp3) is 0.333. The fourth-order valence-electron chi connectivity index (χ4n) is 1.93. The molecule has 2 N–H and O–H groups in total. The molecule has 0 bridgehead atoms. The smallest absolute Gasteiger partial charge is 0.305 e. The summed E-state index contributed by atoms with van der Waals surface area (Å²) in [6.07, 6.45) is 1.25. The summed E-state index contributed by atoms with van der Waals surface area (Å²) >= 11 is 0. The third kappa shape index (κ3) is 2.55. The number of hydrogen-bond acceptors (Lipinski definition) is 3. The first-order valence-corrected chi connectivity index (χ1v) is 5.38. The van der Waals surface area contributed by atoms with Gasteiger partial charge < -0.3 is 15.2 Å². The van der Waals surface area contributed by atoms with Gasteiger partial charge in [-0.25, -0.2) is 0 Å². The number of aliphatic carboxylic acids is 1. The van der Waals surface area contributed by atoms with Gasteiger partial charge in [0.15, 0.2) is 0 Å². The summed E-state index contributed by atoms with van der Waals surface area (Å²) in [5.41, 5.74) is 1.87. The van der Waals surface area contributed by atoms with Crippen molar-refractivity contribution in [3.63, 3.8) is 0 Å². The van der Waals surface area contributed by atoms with Gasteiger partial charge >= 0.3 is 5.97 Å². The molecule has 17 heavy (non-hydrogen) atoms. The molecule has 5 heteroatoms. The van der Waals surface area contributed by atoms with Crippen LogP contribution in [0.25, 0.3) is 0 Å². The Labute approximate surface area is 98.4 Å². The highest BCUT2D eigenvalue weighted by atomic mass is 16.5. The van der Waals surface area contributed by atoms with E-state index in [4.69, 9.17) is 9.84 Å². The standard InChI is InChI=1S/C12H13NO4/c14-7-13-10(6-12(15)16)9-2-1-8-3-4-17-11(8)5-9/h1-2,5,7,10H,3-4,6H2,(H,13,14)(H,15,16). The van der Waals surface area contributed by atoms with Gasteiger partial charge in [0.25, 0.3) is 0 Å². The topological polar surface area (TPSA) is 75.6 Å². The second-order valence-corrected chi connectivity index (χ2v) is 3.90. The van der Waals surface area contributed by atoms with Gasteiger partial charge in [-0.05, 0) is 17.2 Å². The van der Waals surface area contributed by atoms with Crippen molar-refractivity contribution < 1.29 is 19.4 Å². The van der Waals surface area contributed by atoms with Gasteiger partial charge in [0.05, 0.1) is 19.1 Å². The van der Waals surface area contributed by atoms with Gasteiger partial charge in [-0.3, -0.25) is 9.59 Å². The number of carbonyl (C=O) groups excluding carboxylic acids is 1. The first-order valence-electron chi connectivity index (χ1n) is 5.38. The zero-order valence-electron chi connectivity index (χ0n) is 9.18. The average molecular weight is 235 g/mol. The molecule has 0 saturated heterocycles. The van der Waals surface area contributed by atoms with E-state index in [-0.39, 0.29) is 6.42 Å². The summed E-state index contributed by atoms with van der Waals surface area (Å²) in [5.74, 6) is -0.170. The minimum atomic E-state index is -0.953. The largest absolute Gasteiger partial charge is 0.493 e. The second kappa shape index (κ2) is 4.86. The molecule has 1 atom stereocenters. The first-order chi connectivity index (χ1) is 8.20. The second-order valence-electron chi connectivity index (χ2n) is 3.90. The van der Waals surface area contributed by atoms with Crippen LogP contribution in [0.3, 0.4) is 0 Å². The summed E-state index contributed by atoms with van der Waals surface area (Å²) in [6.45, 7) is 0.656. The van der Waals surface area contributed by atoms with Crippen molar-refractivity contribution in [2.75, 3.05) is 6.61 Å². The number of carboxylic acids is 1. The molecule has 1 aliphatic heterocycles. The summed E-state index contributed by atoms with van der Waals surface area (Å²) in [6, 6.07) is 5.03. The van der Waals surface area contributed by atoms with Crippen molar-refractivity contribution in [2.45, 2.75) is 18.9 Å². The Balaban J connectivity index is 2.23. The molecular weight excluding hydrogens is 222 g/mol. The summed E-state index contributed by atoms with van der Waals surface area (Å²) in [7, 11) is 0. The number of benzene rings is 1. The molecule has 0 aliphatic carbocycles. The van der Waals surface area contributed by atoms with Crippen molar-refractivity contribution in [1.82, 2.24) is 5.32 Å². The predicted molar refractivity (Wildman–Crippen MR) is 59.8 cm³/mol. The van der Waals surface area contributed by atoms with Crippen molar-refractivity contribution in [2.24, 2.45) is 0 Å². The quantitative estimate of drug-likeness (QED) is 0.743. The Bertz CT molecular complexity index is 444. The molecule has 1 amide bonds. The Morgan fingerprint density at radius 2 is 2.41 bits per heavy atom. The van der Waals surface area contributed by atoms with E-state index < -0.39 is 12.0 Å². The number of fused-ring (bicyclic) bond motifs is 1. The van der Waals surface area contributed by atoms with E-state index in [1.165, 1.54) is 0 Å². The number of carboxylic acid groups (broad SMARTS) is 1. The first kappa shape index (κ1) is 11.4. The number of nitrogens with one attached hydrogen (secondary N) is 1. The minimum absolute atomic E-state index is 0.141. The molecule has 0 saturated carbocycles. The lowest BCUT2D eigenvalue weighted by Gasteiger charge is -2.15. The molecule has 90 valence electrons.